The van der Waals surface area contributed by atoms with E-state index >= 15 is 0 Å². The van der Waals surface area contributed by atoms with E-state index in [4.69, 9.17) is 0 Å². The lowest BCUT2D eigenvalue weighted by Crippen LogP contribution is -2.40. The summed E-state index contributed by atoms with van der Waals surface area (Å²) in [6, 6.07) is 0.499. The third-order valence-electron chi connectivity index (χ3n) is 4.02. The van der Waals surface area contributed by atoms with Crippen LogP contribution in [-0.4, -0.2) is 57.0 Å². The number of sulfone groups is 1. The molecule has 1 saturated heterocycles. The molecule has 114 valence electrons. The molecule has 1 aliphatic rings. The van der Waals surface area contributed by atoms with Crippen molar-refractivity contribution in [1.29, 1.82) is 0 Å². The minimum atomic E-state index is -2.81. The van der Waals surface area contributed by atoms with Gasteiger partial charge in [-0.1, -0.05) is 6.92 Å². The highest BCUT2D eigenvalue weighted by atomic mass is 32.2. The summed E-state index contributed by atoms with van der Waals surface area (Å²) in [7, 11) is -2.81. The Balaban J connectivity index is 2.35. The summed E-state index contributed by atoms with van der Waals surface area (Å²) in [5, 5.41) is 3.39. The summed E-state index contributed by atoms with van der Waals surface area (Å²) in [5.41, 5.74) is 0. The number of nitrogens with zero attached hydrogens (tertiary/aromatic N) is 1. The molecule has 0 saturated carbocycles. The van der Waals surface area contributed by atoms with Gasteiger partial charge in [0.1, 0.15) is 9.84 Å². The molecule has 0 bridgehead atoms. The van der Waals surface area contributed by atoms with Crippen LogP contribution in [0, 0.1) is 5.92 Å². The number of piperidine rings is 1. The van der Waals surface area contributed by atoms with Crippen LogP contribution >= 0.6 is 0 Å². The molecule has 1 N–H and O–H groups in total. The van der Waals surface area contributed by atoms with Crippen molar-refractivity contribution in [3.8, 4) is 0 Å². The molecule has 19 heavy (non-hydrogen) atoms. The predicted octanol–water partition coefficient (Wildman–Crippen LogP) is 1.52. The molecule has 0 spiro atoms. The van der Waals surface area contributed by atoms with E-state index in [1.807, 2.05) is 0 Å². The monoisotopic (exact) mass is 290 g/mol. The molecule has 0 unspecified atom stereocenters. The van der Waals surface area contributed by atoms with E-state index in [1.54, 1.807) is 6.92 Å². The van der Waals surface area contributed by atoms with Gasteiger partial charge in [-0.15, -0.1) is 0 Å². The van der Waals surface area contributed by atoms with Crippen LogP contribution in [0.25, 0.3) is 0 Å². The molecule has 0 aromatic heterocycles. The number of hydrogen-bond donors (Lipinski definition) is 1. The van der Waals surface area contributed by atoms with E-state index in [0.29, 0.717) is 11.8 Å². The Hall–Kier alpha value is -0.130. The first-order chi connectivity index (χ1) is 8.94. The summed E-state index contributed by atoms with van der Waals surface area (Å²) in [5.74, 6) is 1.37. The van der Waals surface area contributed by atoms with E-state index in [9.17, 15) is 8.42 Å². The van der Waals surface area contributed by atoms with Crippen molar-refractivity contribution in [3.05, 3.63) is 0 Å². The summed E-state index contributed by atoms with van der Waals surface area (Å²) < 4.78 is 23.0. The van der Waals surface area contributed by atoms with Gasteiger partial charge in [0.25, 0.3) is 0 Å². The van der Waals surface area contributed by atoms with Crippen LogP contribution in [0.2, 0.25) is 0 Å². The van der Waals surface area contributed by atoms with Crippen LogP contribution in [0.5, 0.6) is 0 Å². The molecule has 1 fully saturated rings. The third-order valence-corrected chi connectivity index (χ3v) is 5.81. The maximum atomic E-state index is 11.5. The van der Waals surface area contributed by atoms with Crippen LogP contribution in [0.1, 0.15) is 40.0 Å². The molecule has 0 aromatic rings. The summed E-state index contributed by atoms with van der Waals surface area (Å²) >= 11 is 0. The zero-order valence-electron chi connectivity index (χ0n) is 12.7. The second-order valence-electron chi connectivity index (χ2n) is 5.87. The highest BCUT2D eigenvalue weighted by Gasteiger charge is 2.19. The first-order valence-electron chi connectivity index (χ1n) is 7.59. The molecule has 0 aliphatic carbocycles. The smallest absolute Gasteiger partial charge is 0.150 e. The standard InChI is InChI=1S/C14H30N2O2S/c1-4-19(17,18)11-5-10-16(13(2)3)12-14-6-8-15-9-7-14/h13-15H,4-12H2,1-3H3. The minimum Gasteiger partial charge on any atom is -0.317 e. The van der Waals surface area contributed by atoms with E-state index < -0.39 is 9.84 Å². The summed E-state index contributed by atoms with van der Waals surface area (Å²) in [4.78, 5) is 2.45. The van der Waals surface area contributed by atoms with Crippen LogP contribution in [0.3, 0.4) is 0 Å². The largest absolute Gasteiger partial charge is 0.317 e. The van der Waals surface area contributed by atoms with Gasteiger partial charge < -0.3 is 10.2 Å². The lowest BCUT2D eigenvalue weighted by atomic mass is 9.97. The average Bonchev–Trinajstić information content (AvgIpc) is 2.38. The quantitative estimate of drug-likeness (QED) is 0.736. The number of hydrogen-bond acceptors (Lipinski definition) is 4. The first kappa shape index (κ1) is 16.9. The molecule has 0 atom stereocenters. The summed E-state index contributed by atoms with van der Waals surface area (Å²) in [6.45, 7) is 10.4. The van der Waals surface area contributed by atoms with Gasteiger partial charge in [0.05, 0.1) is 5.75 Å². The molecule has 4 nitrogen and oxygen atoms in total. The molecule has 0 radical (unpaired) electrons. The van der Waals surface area contributed by atoms with Gasteiger partial charge in [-0.05, 0) is 58.7 Å². The van der Waals surface area contributed by atoms with E-state index in [0.717, 1.165) is 38.5 Å². The molecular weight excluding hydrogens is 260 g/mol. The fraction of sp³-hybridized carbons (Fsp3) is 1.00. The molecular formula is C14H30N2O2S. The molecule has 0 aromatic carbocycles. The fourth-order valence-electron chi connectivity index (χ4n) is 2.59. The van der Waals surface area contributed by atoms with Gasteiger partial charge in [0, 0.05) is 18.3 Å². The number of rotatable bonds is 8. The van der Waals surface area contributed by atoms with Crippen LogP contribution in [0.4, 0.5) is 0 Å². The van der Waals surface area contributed by atoms with Crippen molar-refractivity contribution in [2.75, 3.05) is 37.7 Å². The second kappa shape index (κ2) is 8.22. The Morgan fingerprint density at radius 3 is 2.42 bits per heavy atom. The van der Waals surface area contributed by atoms with Gasteiger partial charge in [0.2, 0.25) is 0 Å². The molecule has 5 heteroatoms. The lowest BCUT2D eigenvalue weighted by molar-refractivity contribution is 0.170. The Morgan fingerprint density at radius 2 is 1.89 bits per heavy atom. The molecule has 1 heterocycles. The van der Waals surface area contributed by atoms with Crippen LogP contribution in [-0.2, 0) is 9.84 Å². The van der Waals surface area contributed by atoms with Gasteiger partial charge >= 0.3 is 0 Å². The van der Waals surface area contributed by atoms with Gasteiger partial charge in [0.15, 0.2) is 0 Å². The minimum absolute atomic E-state index is 0.267. The Kier molecular flexibility index (Phi) is 7.32. The predicted molar refractivity (Wildman–Crippen MR) is 81.2 cm³/mol. The lowest BCUT2D eigenvalue weighted by Gasteiger charge is -2.32. The third kappa shape index (κ3) is 6.72. The van der Waals surface area contributed by atoms with Crippen molar-refractivity contribution < 1.29 is 8.42 Å². The van der Waals surface area contributed by atoms with Crippen molar-refractivity contribution in [2.24, 2.45) is 5.92 Å². The average molecular weight is 290 g/mol. The SMILES string of the molecule is CCS(=O)(=O)CCCN(CC1CCNCC1)C(C)C. The number of nitrogens with one attached hydrogen (secondary N) is 1. The van der Waals surface area contributed by atoms with Crippen LogP contribution in [0.15, 0.2) is 0 Å². The summed E-state index contributed by atoms with van der Waals surface area (Å²) in [6.07, 6.45) is 3.26. The molecule has 1 aliphatic heterocycles. The van der Waals surface area contributed by atoms with Gasteiger partial charge in [-0.2, -0.15) is 0 Å². The maximum absolute atomic E-state index is 11.5. The van der Waals surface area contributed by atoms with Crippen LogP contribution < -0.4 is 5.32 Å². The second-order valence-corrected chi connectivity index (χ2v) is 8.34. The Morgan fingerprint density at radius 1 is 1.26 bits per heavy atom. The van der Waals surface area contributed by atoms with Crippen molar-refractivity contribution in [3.63, 3.8) is 0 Å². The zero-order valence-corrected chi connectivity index (χ0v) is 13.5. The zero-order chi connectivity index (χ0) is 14.3. The Labute approximate surface area is 118 Å². The van der Waals surface area contributed by atoms with Crippen molar-refractivity contribution in [2.45, 2.75) is 46.1 Å². The highest BCUT2D eigenvalue weighted by Crippen LogP contribution is 2.15. The Bertz CT molecular complexity index is 335. The van der Waals surface area contributed by atoms with Crippen molar-refractivity contribution in [1.82, 2.24) is 10.2 Å². The van der Waals surface area contributed by atoms with Crippen molar-refractivity contribution >= 4 is 9.84 Å². The normalized spacial score (nSPS) is 18.4. The van der Waals surface area contributed by atoms with Gasteiger partial charge in [-0.25, -0.2) is 8.42 Å². The first-order valence-corrected chi connectivity index (χ1v) is 9.42. The topological polar surface area (TPSA) is 49.4 Å². The fourth-order valence-corrected chi connectivity index (χ4v) is 3.45. The van der Waals surface area contributed by atoms with E-state index in [1.165, 1.54) is 12.8 Å². The van der Waals surface area contributed by atoms with E-state index in [2.05, 4.69) is 24.1 Å². The molecule has 1 rings (SSSR count). The molecule has 0 amide bonds. The maximum Gasteiger partial charge on any atom is 0.150 e. The van der Waals surface area contributed by atoms with Gasteiger partial charge in [-0.3, -0.25) is 0 Å². The van der Waals surface area contributed by atoms with E-state index in [-0.39, 0.29) is 5.75 Å². The highest BCUT2D eigenvalue weighted by molar-refractivity contribution is 7.91.